The standard InChI is InChI=1S/C29H23FN2O4/c30-20-8-5-17(6-9-20)11-13-32-26(22-16-31-23-4-2-1-3-21(22)23)25(28(34)29(32)35)27(33)19-7-10-24-18(15-19)12-14-36-24/h1-10,15-16,26,31,33H,11-14H2/b27-25+. The summed E-state index contributed by atoms with van der Waals surface area (Å²) in [5, 5.41) is 12.3. The minimum atomic E-state index is -0.772. The summed E-state index contributed by atoms with van der Waals surface area (Å²) in [5.41, 5.74) is 3.92. The van der Waals surface area contributed by atoms with Gasteiger partial charge in [-0.15, -0.1) is 0 Å². The van der Waals surface area contributed by atoms with Crippen molar-refractivity contribution in [3.05, 3.63) is 107 Å². The van der Waals surface area contributed by atoms with Crippen LogP contribution in [0.3, 0.4) is 0 Å². The van der Waals surface area contributed by atoms with Crippen molar-refractivity contribution in [3.63, 3.8) is 0 Å². The van der Waals surface area contributed by atoms with Crippen LogP contribution in [0.4, 0.5) is 4.39 Å². The largest absolute Gasteiger partial charge is 0.507 e. The first-order valence-corrected chi connectivity index (χ1v) is 11.9. The third kappa shape index (κ3) is 3.64. The molecule has 1 atom stereocenters. The number of aliphatic hydroxyl groups excluding tert-OH is 1. The topological polar surface area (TPSA) is 82.6 Å². The molecule has 0 spiro atoms. The van der Waals surface area contributed by atoms with Crippen LogP contribution in [0, 0.1) is 5.82 Å². The van der Waals surface area contributed by atoms with Gasteiger partial charge in [-0.25, -0.2) is 4.39 Å². The van der Waals surface area contributed by atoms with Crippen LogP contribution in [-0.2, 0) is 22.4 Å². The fourth-order valence-electron chi connectivity index (χ4n) is 5.14. The molecule has 2 aliphatic heterocycles. The van der Waals surface area contributed by atoms with E-state index in [-0.39, 0.29) is 23.7 Å². The first-order chi connectivity index (χ1) is 17.5. The number of halogens is 1. The van der Waals surface area contributed by atoms with E-state index in [1.165, 1.54) is 17.0 Å². The van der Waals surface area contributed by atoms with Crippen LogP contribution in [0.15, 0.2) is 78.5 Å². The second kappa shape index (κ2) is 8.68. The van der Waals surface area contributed by atoms with Gasteiger partial charge in [0.15, 0.2) is 0 Å². The Bertz CT molecular complexity index is 1540. The Morgan fingerprint density at radius 1 is 1.08 bits per heavy atom. The monoisotopic (exact) mass is 482 g/mol. The fraction of sp³-hybridized carbons (Fsp3) is 0.172. The molecule has 36 heavy (non-hydrogen) atoms. The summed E-state index contributed by atoms with van der Waals surface area (Å²) < 4.78 is 18.9. The number of aromatic nitrogens is 1. The number of Topliss-reactive ketones (excluding diaryl/α,β-unsaturated/α-hetero) is 1. The van der Waals surface area contributed by atoms with E-state index < -0.39 is 17.7 Å². The van der Waals surface area contributed by atoms with Crippen molar-refractivity contribution >= 4 is 28.4 Å². The van der Waals surface area contributed by atoms with Crippen LogP contribution in [0.2, 0.25) is 0 Å². The number of ether oxygens (including phenoxy) is 1. The molecule has 7 heteroatoms. The number of nitrogens with one attached hydrogen (secondary N) is 1. The SMILES string of the molecule is O=C1C(=O)N(CCc2ccc(F)cc2)C(c2c[nH]c3ccccc23)/C1=C(\O)c1ccc2c(c1)CCO2. The van der Waals surface area contributed by atoms with Crippen molar-refractivity contribution in [2.24, 2.45) is 0 Å². The van der Waals surface area contributed by atoms with Crippen LogP contribution >= 0.6 is 0 Å². The van der Waals surface area contributed by atoms with Gasteiger partial charge in [0.25, 0.3) is 11.7 Å². The number of likely N-dealkylation sites (tertiary alicyclic amines) is 1. The van der Waals surface area contributed by atoms with Crippen molar-refractivity contribution < 1.29 is 23.8 Å². The van der Waals surface area contributed by atoms with E-state index in [2.05, 4.69) is 4.98 Å². The van der Waals surface area contributed by atoms with Crippen LogP contribution in [-0.4, -0.2) is 39.8 Å². The van der Waals surface area contributed by atoms with Crippen LogP contribution in [0.25, 0.3) is 16.7 Å². The molecule has 0 aliphatic carbocycles. The van der Waals surface area contributed by atoms with Gasteiger partial charge >= 0.3 is 0 Å². The van der Waals surface area contributed by atoms with Gasteiger partial charge in [0.1, 0.15) is 17.3 Å². The van der Waals surface area contributed by atoms with Gasteiger partial charge in [-0.2, -0.15) is 0 Å². The molecule has 1 aromatic heterocycles. The molecule has 0 saturated carbocycles. The van der Waals surface area contributed by atoms with E-state index in [4.69, 9.17) is 4.74 Å². The van der Waals surface area contributed by atoms with E-state index >= 15 is 0 Å². The van der Waals surface area contributed by atoms with Crippen LogP contribution < -0.4 is 4.74 Å². The number of aromatic amines is 1. The molecule has 1 amide bonds. The number of hydrogen-bond donors (Lipinski definition) is 2. The molecule has 1 saturated heterocycles. The van der Waals surface area contributed by atoms with Gasteiger partial charge in [0.05, 0.1) is 18.2 Å². The number of aliphatic hydroxyl groups is 1. The van der Waals surface area contributed by atoms with Gasteiger partial charge in [-0.05, 0) is 53.9 Å². The highest BCUT2D eigenvalue weighted by molar-refractivity contribution is 6.46. The summed E-state index contributed by atoms with van der Waals surface area (Å²) in [7, 11) is 0. The lowest BCUT2D eigenvalue weighted by molar-refractivity contribution is -0.139. The van der Waals surface area contributed by atoms with Crippen molar-refractivity contribution in [1.82, 2.24) is 9.88 Å². The van der Waals surface area contributed by atoms with Gasteiger partial charge in [-0.1, -0.05) is 30.3 Å². The maximum Gasteiger partial charge on any atom is 0.295 e. The Labute approximate surface area is 206 Å². The Kier molecular flexibility index (Phi) is 5.33. The number of hydrogen-bond acceptors (Lipinski definition) is 4. The molecule has 0 bridgehead atoms. The third-order valence-corrected chi connectivity index (χ3v) is 6.97. The highest BCUT2D eigenvalue weighted by Crippen LogP contribution is 2.42. The normalized spacial score (nSPS) is 18.6. The van der Waals surface area contributed by atoms with Crippen molar-refractivity contribution in [2.75, 3.05) is 13.2 Å². The molecule has 4 aromatic rings. The Morgan fingerprint density at radius 3 is 2.72 bits per heavy atom. The number of benzene rings is 3. The van der Waals surface area contributed by atoms with E-state index in [0.717, 1.165) is 33.3 Å². The number of nitrogens with zero attached hydrogens (tertiary/aromatic N) is 1. The van der Waals surface area contributed by atoms with Gasteiger partial charge in [-0.3, -0.25) is 9.59 Å². The molecule has 1 fully saturated rings. The lowest BCUT2D eigenvalue weighted by atomic mass is 9.94. The number of carbonyl (C=O) groups is 2. The zero-order valence-corrected chi connectivity index (χ0v) is 19.3. The van der Waals surface area contributed by atoms with E-state index in [9.17, 15) is 19.1 Å². The summed E-state index contributed by atoms with van der Waals surface area (Å²) in [6, 6.07) is 18.3. The summed E-state index contributed by atoms with van der Waals surface area (Å²) in [5.74, 6) is -1.17. The van der Waals surface area contributed by atoms with Crippen LogP contribution in [0.1, 0.15) is 28.3 Å². The Hall–Kier alpha value is -4.39. The molecular formula is C29H23FN2O4. The maximum absolute atomic E-state index is 13.4. The quantitative estimate of drug-likeness (QED) is 0.241. The fourth-order valence-corrected chi connectivity index (χ4v) is 5.14. The molecule has 0 radical (unpaired) electrons. The summed E-state index contributed by atoms with van der Waals surface area (Å²) in [6.07, 6.45) is 2.94. The molecule has 2 aliphatic rings. The van der Waals surface area contributed by atoms with Crippen molar-refractivity contribution in [3.8, 4) is 5.75 Å². The number of para-hydroxylation sites is 1. The smallest absolute Gasteiger partial charge is 0.295 e. The molecular weight excluding hydrogens is 459 g/mol. The van der Waals surface area contributed by atoms with E-state index in [1.54, 1.807) is 30.5 Å². The number of carbonyl (C=O) groups excluding carboxylic acids is 2. The minimum Gasteiger partial charge on any atom is -0.507 e. The van der Waals surface area contributed by atoms with Crippen molar-refractivity contribution in [2.45, 2.75) is 18.9 Å². The molecule has 3 heterocycles. The first kappa shape index (κ1) is 22.1. The van der Waals surface area contributed by atoms with E-state index in [1.807, 2.05) is 30.3 Å². The number of rotatable bonds is 5. The molecule has 6 rings (SSSR count). The summed E-state index contributed by atoms with van der Waals surface area (Å²) in [6.45, 7) is 0.803. The molecule has 180 valence electrons. The van der Waals surface area contributed by atoms with Gasteiger partial charge < -0.3 is 19.7 Å². The summed E-state index contributed by atoms with van der Waals surface area (Å²) >= 11 is 0. The molecule has 3 aromatic carbocycles. The second-order valence-electron chi connectivity index (χ2n) is 9.08. The van der Waals surface area contributed by atoms with Gasteiger partial charge in [0, 0.05) is 41.2 Å². The maximum atomic E-state index is 13.4. The lowest BCUT2D eigenvalue weighted by Gasteiger charge is -2.25. The van der Waals surface area contributed by atoms with Crippen molar-refractivity contribution in [1.29, 1.82) is 0 Å². The predicted octanol–water partition coefficient (Wildman–Crippen LogP) is 4.91. The number of H-pyrrole nitrogens is 1. The Balaban J connectivity index is 1.46. The number of amides is 1. The lowest BCUT2D eigenvalue weighted by Crippen LogP contribution is -2.31. The zero-order valence-electron chi connectivity index (χ0n) is 19.3. The van der Waals surface area contributed by atoms with Gasteiger partial charge in [0.2, 0.25) is 0 Å². The number of ketones is 1. The molecule has 1 unspecified atom stereocenters. The van der Waals surface area contributed by atoms with E-state index in [0.29, 0.717) is 25.0 Å². The predicted molar refractivity (Wildman–Crippen MR) is 133 cm³/mol. The summed E-state index contributed by atoms with van der Waals surface area (Å²) in [4.78, 5) is 31.4. The average molecular weight is 483 g/mol. The second-order valence-corrected chi connectivity index (χ2v) is 9.08. The number of fused-ring (bicyclic) bond motifs is 2. The highest BCUT2D eigenvalue weighted by atomic mass is 19.1. The zero-order chi connectivity index (χ0) is 24.8. The Morgan fingerprint density at radius 2 is 1.89 bits per heavy atom. The first-order valence-electron chi connectivity index (χ1n) is 11.9. The minimum absolute atomic E-state index is 0.0581. The van der Waals surface area contributed by atoms with Crippen LogP contribution in [0.5, 0.6) is 5.75 Å². The third-order valence-electron chi connectivity index (χ3n) is 6.97. The average Bonchev–Trinajstić information content (AvgIpc) is 3.60. The molecule has 6 nitrogen and oxygen atoms in total. The highest BCUT2D eigenvalue weighted by Gasteiger charge is 2.46. The molecule has 2 N–H and O–H groups in total.